The number of morpholine rings is 1. The van der Waals surface area contributed by atoms with Gasteiger partial charge in [-0.1, -0.05) is 30.3 Å². The number of aryl methyl sites for hydroxylation is 1. The Balaban J connectivity index is 1.27. The number of hydrogen-bond donors (Lipinski definition) is 2. The number of aromatic nitrogens is 1. The molecule has 2 saturated heterocycles. The fourth-order valence-corrected chi connectivity index (χ4v) is 6.31. The van der Waals surface area contributed by atoms with Crippen molar-refractivity contribution in [3.05, 3.63) is 70.9 Å². The van der Waals surface area contributed by atoms with Gasteiger partial charge in [0.1, 0.15) is 6.04 Å². The Labute approximate surface area is 233 Å². The van der Waals surface area contributed by atoms with Gasteiger partial charge in [-0.25, -0.2) is 5.48 Å². The minimum absolute atomic E-state index is 0.00407. The first-order chi connectivity index (χ1) is 19.5. The molecule has 1 aromatic heterocycles. The van der Waals surface area contributed by atoms with Crippen molar-refractivity contribution in [2.45, 2.75) is 38.4 Å². The summed E-state index contributed by atoms with van der Waals surface area (Å²) in [6.45, 7) is 5.52. The number of amides is 3. The zero-order chi connectivity index (χ0) is 27.6. The summed E-state index contributed by atoms with van der Waals surface area (Å²) in [6, 6.07) is 15.0. The molecule has 3 aliphatic rings. The number of para-hydroxylation sites is 1. The van der Waals surface area contributed by atoms with Crippen LogP contribution in [0, 0.1) is 0 Å². The summed E-state index contributed by atoms with van der Waals surface area (Å²) in [5.41, 5.74) is 6.42. The lowest BCUT2D eigenvalue weighted by Gasteiger charge is -2.42. The number of benzene rings is 2. The van der Waals surface area contributed by atoms with Crippen molar-refractivity contribution in [3.8, 4) is 0 Å². The Hall–Kier alpha value is -3.73. The summed E-state index contributed by atoms with van der Waals surface area (Å²) < 4.78 is 7.68. The second-order valence-electron chi connectivity index (χ2n) is 10.8. The van der Waals surface area contributed by atoms with Gasteiger partial charge in [-0.15, -0.1) is 0 Å². The van der Waals surface area contributed by atoms with Crippen LogP contribution in [0.15, 0.2) is 48.5 Å². The van der Waals surface area contributed by atoms with E-state index in [-0.39, 0.29) is 18.4 Å². The summed E-state index contributed by atoms with van der Waals surface area (Å²) in [6.07, 6.45) is 2.33. The molecule has 2 aromatic carbocycles. The Bertz CT molecular complexity index is 1410. The number of nitrogens with one attached hydrogen (secondary N) is 1. The van der Waals surface area contributed by atoms with E-state index in [9.17, 15) is 14.4 Å². The first-order valence-electron chi connectivity index (χ1n) is 14.0. The van der Waals surface area contributed by atoms with Crippen LogP contribution in [0.1, 0.15) is 40.0 Å². The van der Waals surface area contributed by atoms with Crippen molar-refractivity contribution in [3.63, 3.8) is 0 Å². The predicted octanol–water partition coefficient (Wildman–Crippen LogP) is 2.02. The van der Waals surface area contributed by atoms with Crippen LogP contribution in [0.25, 0.3) is 10.9 Å². The van der Waals surface area contributed by atoms with Gasteiger partial charge in [-0.2, -0.15) is 0 Å². The molecule has 0 radical (unpaired) electrons. The lowest BCUT2D eigenvalue weighted by molar-refractivity contribution is -0.157. The Morgan fingerprint density at radius 1 is 1.00 bits per heavy atom. The number of rotatable bonds is 6. The number of hydrogen-bond acceptors (Lipinski definition) is 6. The Kier molecular flexibility index (Phi) is 7.55. The van der Waals surface area contributed by atoms with Crippen molar-refractivity contribution in [1.29, 1.82) is 0 Å². The van der Waals surface area contributed by atoms with Gasteiger partial charge in [0.05, 0.1) is 26.3 Å². The SMILES string of the molecule is O=C(NO)c1ccc(Cn2c3c(c4ccccc42)CCCC2C(=O)N(CCN4CCOCC4)CC(=O)N2C3)cc1. The number of ether oxygens (including phenoxy) is 1. The minimum Gasteiger partial charge on any atom is -0.379 e. The summed E-state index contributed by atoms with van der Waals surface area (Å²) in [5, 5.41) is 10.1. The third-order valence-corrected chi connectivity index (χ3v) is 8.49. The van der Waals surface area contributed by atoms with Crippen molar-refractivity contribution >= 4 is 28.6 Å². The van der Waals surface area contributed by atoms with E-state index in [1.165, 1.54) is 10.9 Å². The molecular formula is C30H35N5O5. The molecule has 40 heavy (non-hydrogen) atoms. The fraction of sp³-hybridized carbons (Fsp3) is 0.433. The molecule has 4 heterocycles. The Morgan fingerprint density at radius 2 is 1.77 bits per heavy atom. The maximum Gasteiger partial charge on any atom is 0.274 e. The second kappa shape index (κ2) is 11.4. The molecule has 0 spiro atoms. The van der Waals surface area contributed by atoms with Crippen LogP contribution in [-0.2, 0) is 33.8 Å². The number of carbonyl (C=O) groups is 3. The third kappa shape index (κ3) is 5.10. The highest BCUT2D eigenvalue weighted by molar-refractivity contribution is 5.95. The van der Waals surface area contributed by atoms with Gasteiger partial charge in [0.2, 0.25) is 11.8 Å². The number of hydroxylamine groups is 1. The molecule has 210 valence electrons. The van der Waals surface area contributed by atoms with E-state index in [1.54, 1.807) is 27.4 Å². The van der Waals surface area contributed by atoms with Crippen molar-refractivity contribution < 1.29 is 24.3 Å². The van der Waals surface area contributed by atoms with Gasteiger partial charge in [0.15, 0.2) is 0 Å². The topological polar surface area (TPSA) is 107 Å². The molecule has 3 amide bonds. The lowest BCUT2D eigenvalue weighted by Crippen LogP contribution is -2.60. The van der Waals surface area contributed by atoms with E-state index in [0.717, 1.165) is 49.2 Å². The summed E-state index contributed by atoms with van der Waals surface area (Å²) in [5.74, 6) is -0.506. The third-order valence-electron chi connectivity index (χ3n) is 8.49. The van der Waals surface area contributed by atoms with E-state index in [4.69, 9.17) is 9.94 Å². The van der Waals surface area contributed by atoms with Crippen LogP contribution < -0.4 is 5.48 Å². The van der Waals surface area contributed by atoms with Gasteiger partial charge >= 0.3 is 0 Å². The van der Waals surface area contributed by atoms with Crippen LogP contribution >= 0.6 is 0 Å². The van der Waals surface area contributed by atoms with Gasteiger partial charge in [0, 0.05) is 54.9 Å². The predicted molar refractivity (Wildman–Crippen MR) is 148 cm³/mol. The van der Waals surface area contributed by atoms with Crippen molar-refractivity contribution in [1.82, 2.24) is 24.7 Å². The van der Waals surface area contributed by atoms with Crippen LogP contribution in [0.2, 0.25) is 0 Å². The van der Waals surface area contributed by atoms with Gasteiger partial charge in [-0.05, 0) is 48.6 Å². The Morgan fingerprint density at radius 3 is 2.55 bits per heavy atom. The molecule has 6 rings (SSSR count). The molecule has 0 aliphatic carbocycles. The zero-order valence-corrected chi connectivity index (χ0v) is 22.6. The number of nitrogens with zero attached hydrogens (tertiary/aromatic N) is 4. The summed E-state index contributed by atoms with van der Waals surface area (Å²) in [4.78, 5) is 44.8. The van der Waals surface area contributed by atoms with E-state index < -0.39 is 11.9 Å². The van der Waals surface area contributed by atoms with E-state index in [1.807, 2.05) is 24.3 Å². The van der Waals surface area contributed by atoms with E-state index in [2.05, 4.69) is 21.6 Å². The highest BCUT2D eigenvalue weighted by atomic mass is 16.5. The van der Waals surface area contributed by atoms with E-state index >= 15 is 0 Å². The standard InChI is InChI=1S/C30H35N5O5/c36-28-20-33(13-12-32-14-16-40-17-15-32)30(38)26-7-3-5-24-23-4-1-2-6-25(23)34(27(24)19-35(26)28)18-21-8-10-22(11-9-21)29(37)31-39/h1-2,4,6,8-11,26,39H,3,5,7,12-20H2,(H,31,37). The fourth-order valence-electron chi connectivity index (χ4n) is 6.31. The molecule has 0 saturated carbocycles. The quantitative estimate of drug-likeness (QED) is 0.363. The molecule has 3 aliphatic heterocycles. The van der Waals surface area contributed by atoms with Crippen LogP contribution in [0.3, 0.4) is 0 Å². The number of carbonyl (C=O) groups excluding carboxylic acids is 3. The average Bonchev–Trinajstić information content (AvgIpc) is 3.25. The van der Waals surface area contributed by atoms with Crippen molar-refractivity contribution in [2.75, 3.05) is 45.9 Å². The number of fused-ring (bicyclic) bond motifs is 4. The molecule has 3 aromatic rings. The molecule has 0 bridgehead atoms. The minimum atomic E-state index is -0.554. The van der Waals surface area contributed by atoms with Crippen molar-refractivity contribution in [2.24, 2.45) is 0 Å². The van der Waals surface area contributed by atoms with Crippen LogP contribution in [-0.4, -0.2) is 94.2 Å². The van der Waals surface area contributed by atoms with Gasteiger partial charge < -0.3 is 19.1 Å². The first-order valence-corrected chi connectivity index (χ1v) is 14.0. The zero-order valence-electron chi connectivity index (χ0n) is 22.6. The molecule has 10 heteroatoms. The highest BCUT2D eigenvalue weighted by Gasteiger charge is 2.40. The molecular weight excluding hydrogens is 510 g/mol. The molecule has 10 nitrogen and oxygen atoms in total. The maximum absolute atomic E-state index is 13.6. The van der Waals surface area contributed by atoms with Gasteiger partial charge in [0.25, 0.3) is 5.91 Å². The van der Waals surface area contributed by atoms with E-state index in [0.29, 0.717) is 44.8 Å². The summed E-state index contributed by atoms with van der Waals surface area (Å²) >= 11 is 0. The maximum atomic E-state index is 13.6. The normalized spacial score (nSPS) is 20.2. The number of piperazine rings is 1. The second-order valence-corrected chi connectivity index (χ2v) is 10.8. The molecule has 2 N–H and O–H groups in total. The molecule has 1 unspecified atom stereocenters. The van der Waals surface area contributed by atoms with Gasteiger partial charge in [-0.3, -0.25) is 24.5 Å². The molecule has 1 atom stereocenters. The monoisotopic (exact) mass is 545 g/mol. The highest BCUT2D eigenvalue weighted by Crippen LogP contribution is 2.33. The smallest absolute Gasteiger partial charge is 0.274 e. The summed E-state index contributed by atoms with van der Waals surface area (Å²) in [7, 11) is 0. The van der Waals surface area contributed by atoms with Crippen LogP contribution in [0.4, 0.5) is 0 Å². The molecule has 2 fully saturated rings. The van der Waals surface area contributed by atoms with Crippen LogP contribution in [0.5, 0.6) is 0 Å². The largest absolute Gasteiger partial charge is 0.379 e. The first kappa shape index (κ1) is 26.5. The lowest BCUT2D eigenvalue weighted by atomic mass is 9.95. The average molecular weight is 546 g/mol.